The number of hydrogen-bond acceptors (Lipinski definition) is 4. The fourth-order valence-corrected chi connectivity index (χ4v) is 4.43. The van der Waals surface area contributed by atoms with E-state index < -0.39 is 39.6 Å². The Morgan fingerprint density at radius 2 is 1.64 bits per heavy atom. The molecule has 2 atom stereocenters. The summed E-state index contributed by atoms with van der Waals surface area (Å²) in [5, 5.41) is 0.244. The highest BCUT2D eigenvalue weighted by atomic mass is 35.5. The molecule has 1 aromatic carbocycles. The van der Waals surface area contributed by atoms with Crippen molar-refractivity contribution in [2.24, 2.45) is 16.2 Å². The van der Waals surface area contributed by atoms with Crippen LogP contribution in [-0.2, 0) is 14.4 Å². The standard InChI is InChI=1S/C18H19ClN2O4/c1-16(2)17(3)8-9-18(16,13(23)12(17)22)15(25)21-20-14(24)10-6-4-5-7-11(10)19/h4-7H,8-9H2,1-3H3,(H,20,24)(H,21,25). The Morgan fingerprint density at radius 3 is 2.20 bits per heavy atom. The van der Waals surface area contributed by atoms with Gasteiger partial charge in [0.1, 0.15) is 5.41 Å². The van der Waals surface area contributed by atoms with Gasteiger partial charge in [0.15, 0.2) is 0 Å². The predicted molar refractivity (Wildman–Crippen MR) is 90.6 cm³/mol. The van der Waals surface area contributed by atoms with Crippen molar-refractivity contribution in [2.45, 2.75) is 33.6 Å². The summed E-state index contributed by atoms with van der Waals surface area (Å²) in [7, 11) is 0. The van der Waals surface area contributed by atoms with Crippen LogP contribution in [0.5, 0.6) is 0 Å². The molecule has 1 aromatic rings. The highest BCUT2D eigenvalue weighted by molar-refractivity contribution is 6.48. The number of hydrazine groups is 1. The number of nitrogens with one attached hydrogen (secondary N) is 2. The van der Waals surface area contributed by atoms with Crippen LogP contribution < -0.4 is 10.9 Å². The molecular formula is C18H19ClN2O4. The molecule has 2 N–H and O–H groups in total. The minimum Gasteiger partial charge on any atom is -0.290 e. The van der Waals surface area contributed by atoms with Crippen LogP contribution in [0.25, 0.3) is 0 Å². The van der Waals surface area contributed by atoms with Crippen LogP contribution in [0.1, 0.15) is 44.0 Å². The molecule has 2 unspecified atom stereocenters. The lowest BCUT2D eigenvalue weighted by molar-refractivity contribution is -0.149. The highest BCUT2D eigenvalue weighted by Gasteiger charge is 2.77. The average molecular weight is 363 g/mol. The van der Waals surface area contributed by atoms with Crippen molar-refractivity contribution in [1.29, 1.82) is 0 Å². The molecular weight excluding hydrogens is 344 g/mol. The van der Waals surface area contributed by atoms with E-state index in [0.29, 0.717) is 6.42 Å². The Hall–Kier alpha value is -2.21. The number of carbonyl (C=O) groups is 4. The summed E-state index contributed by atoms with van der Waals surface area (Å²) < 4.78 is 0. The highest BCUT2D eigenvalue weighted by Crippen LogP contribution is 2.68. The first-order valence-electron chi connectivity index (χ1n) is 8.04. The Morgan fingerprint density at radius 1 is 1.00 bits per heavy atom. The molecule has 0 aliphatic heterocycles. The third-order valence-corrected chi connectivity index (χ3v) is 6.67. The van der Waals surface area contributed by atoms with Crippen LogP contribution in [-0.4, -0.2) is 23.4 Å². The number of Topliss-reactive ketones (excluding diaryl/α,β-unsaturated/α-hetero) is 2. The molecule has 132 valence electrons. The van der Waals surface area contributed by atoms with Gasteiger partial charge in [0.2, 0.25) is 11.6 Å². The van der Waals surface area contributed by atoms with E-state index in [0.717, 1.165) is 0 Å². The lowest BCUT2D eigenvalue weighted by atomic mass is 9.64. The number of fused-ring (bicyclic) bond motifs is 2. The van der Waals surface area contributed by atoms with Gasteiger partial charge < -0.3 is 0 Å². The molecule has 0 spiro atoms. The van der Waals surface area contributed by atoms with Crippen molar-refractivity contribution in [2.75, 3.05) is 0 Å². The second-order valence-electron chi connectivity index (χ2n) is 7.41. The molecule has 2 saturated carbocycles. The number of halogens is 1. The first-order valence-corrected chi connectivity index (χ1v) is 8.42. The van der Waals surface area contributed by atoms with E-state index in [1.54, 1.807) is 39.0 Å². The molecule has 25 heavy (non-hydrogen) atoms. The number of ketones is 2. The van der Waals surface area contributed by atoms with Gasteiger partial charge >= 0.3 is 0 Å². The largest absolute Gasteiger partial charge is 0.290 e. The summed E-state index contributed by atoms with van der Waals surface area (Å²) in [4.78, 5) is 50.0. The molecule has 2 aliphatic carbocycles. The van der Waals surface area contributed by atoms with Gasteiger partial charge in [-0.3, -0.25) is 30.0 Å². The van der Waals surface area contributed by atoms with Crippen molar-refractivity contribution in [3.05, 3.63) is 34.9 Å². The van der Waals surface area contributed by atoms with Gasteiger partial charge in [-0.05, 0) is 30.4 Å². The molecule has 7 heteroatoms. The number of carbonyl (C=O) groups excluding carboxylic acids is 4. The van der Waals surface area contributed by atoms with Gasteiger partial charge in [0, 0.05) is 5.41 Å². The van der Waals surface area contributed by atoms with Crippen LogP contribution in [0.3, 0.4) is 0 Å². The summed E-state index contributed by atoms with van der Waals surface area (Å²) in [5.74, 6) is -2.42. The maximum absolute atomic E-state index is 12.8. The van der Waals surface area contributed by atoms with Gasteiger partial charge in [-0.1, -0.05) is 44.5 Å². The molecule has 2 bridgehead atoms. The van der Waals surface area contributed by atoms with Gasteiger partial charge in [-0.15, -0.1) is 0 Å². The van der Waals surface area contributed by atoms with Crippen LogP contribution in [0.15, 0.2) is 24.3 Å². The van der Waals surface area contributed by atoms with E-state index in [9.17, 15) is 19.2 Å². The van der Waals surface area contributed by atoms with Crippen molar-refractivity contribution in [1.82, 2.24) is 10.9 Å². The van der Waals surface area contributed by atoms with Gasteiger partial charge in [-0.25, -0.2) is 0 Å². The zero-order chi connectivity index (χ0) is 18.6. The third kappa shape index (κ3) is 2.03. The van der Waals surface area contributed by atoms with Gasteiger partial charge in [0.25, 0.3) is 11.8 Å². The van der Waals surface area contributed by atoms with Crippen LogP contribution in [0, 0.1) is 16.2 Å². The Bertz CT molecular complexity index is 819. The molecule has 6 nitrogen and oxygen atoms in total. The van der Waals surface area contributed by atoms with Crippen molar-refractivity contribution in [3.8, 4) is 0 Å². The van der Waals surface area contributed by atoms with Crippen molar-refractivity contribution < 1.29 is 19.2 Å². The van der Waals surface area contributed by atoms with Gasteiger partial charge in [0.05, 0.1) is 10.6 Å². The molecule has 0 aromatic heterocycles. The molecule has 0 radical (unpaired) electrons. The summed E-state index contributed by atoms with van der Waals surface area (Å²) in [6.07, 6.45) is 0.755. The quantitative estimate of drug-likeness (QED) is 0.478. The summed E-state index contributed by atoms with van der Waals surface area (Å²) >= 11 is 5.96. The van der Waals surface area contributed by atoms with Crippen LogP contribution >= 0.6 is 11.6 Å². The normalized spacial score (nSPS) is 29.6. The minimum atomic E-state index is -1.45. The molecule has 2 fully saturated rings. The topological polar surface area (TPSA) is 92.3 Å². The first-order chi connectivity index (χ1) is 11.6. The van der Waals surface area contributed by atoms with E-state index in [-0.39, 0.29) is 17.0 Å². The SMILES string of the molecule is CC12CCC(C(=O)NNC(=O)c3ccccc3Cl)(C(=O)C1=O)C2(C)C. The molecule has 0 heterocycles. The van der Waals surface area contributed by atoms with Gasteiger partial charge in [-0.2, -0.15) is 0 Å². The maximum atomic E-state index is 12.8. The van der Waals surface area contributed by atoms with Crippen molar-refractivity contribution in [3.63, 3.8) is 0 Å². The average Bonchev–Trinajstić information content (AvgIpc) is 2.84. The van der Waals surface area contributed by atoms with E-state index in [2.05, 4.69) is 10.9 Å². The van der Waals surface area contributed by atoms with Crippen LogP contribution in [0.2, 0.25) is 5.02 Å². The monoisotopic (exact) mass is 362 g/mol. The lowest BCUT2D eigenvalue weighted by Crippen LogP contribution is -2.55. The minimum absolute atomic E-state index is 0.200. The molecule has 0 saturated heterocycles. The summed E-state index contributed by atoms with van der Waals surface area (Å²) in [5.41, 5.74) is 1.68. The number of rotatable bonds is 2. The Balaban J connectivity index is 1.82. The Labute approximate surface area is 150 Å². The van der Waals surface area contributed by atoms with E-state index >= 15 is 0 Å². The van der Waals surface area contributed by atoms with Crippen LogP contribution in [0.4, 0.5) is 0 Å². The van der Waals surface area contributed by atoms with Crippen molar-refractivity contribution >= 4 is 35.0 Å². The number of amides is 2. The molecule has 3 rings (SSSR count). The second-order valence-corrected chi connectivity index (χ2v) is 7.82. The summed E-state index contributed by atoms with van der Waals surface area (Å²) in [6, 6.07) is 6.40. The van der Waals surface area contributed by atoms with E-state index in [1.165, 1.54) is 6.07 Å². The van der Waals surface area contributed by atoms with E-state index in [1.807, 2.05) is 0 Å². The predicted octanol–water partition coefficient (Wildman–Crippen LogP) is 2.07. The number of hydrogen-bond donors (Lipinski definition) is 2. The number of benzene rings is 1. The maximum Gasteiger partial charge on any atom is 0.271 e. The zero-order valence-corrected chi connectivity index (χ0v) is 15.0. The lowest BCUT2D eigenvalue weighted by Gasteiger charge is -2.36. The first kappa shape index (κ1) is 17.6. The molecule has 2 amide bonds. The second kappa shape index (κ2) is 5.39. The smallest absolute Gasteiger partial charge is 0.271 e. The Kier molecular flexibility index (Phi) is 3.80. The molecule has 2 aliphatic rings. The fraction of sp³-hybridized carbons (Fsp3) is 0.444. The fourth-order valence-electron chi connectivity index (χ4n) is 4.21. The van der Waals surface area contributed by atoms with E-state index in [4.69, 9.17) is 11.6 Å². The zero-order valence-electron chi connectivity index (χ0n) is 14.2. The third-order valence-electron chi connectivity index (χ3n) is 6.34. The summed E-state index contributed by atoms with van der Waals surface area (Å²) in [6.45, 7) is 5.26.